The molecule has 0 unspecified atom stereocenters. The molecule has 2 saturated heterocycles. The van der Waals surface area contributed by atoms with Gasteiger partial charge in [0.05, 0.1) is 22.9 Å². The van der Waals surface area contributed by atoms with Crippen molar-refractivity contribution in [1.82, 2.24) is 10.0 Å². The number of hydroxylamine groups is 1. The maximum Gasteiger partial charge on any atom is 0.281 e. The monoisotopic (exact) mass is 523 g/mol. The zero-order chi connectivity index (χ0) is 26.1. The smallest absolute Gasteiger partial charge is 0.272 e. The molecule has 9 heteroatoms. The highest BCUT2D eigenvalue weighted by Crippen LogP contribution is 2.47. The first-order valence-electron chi connectivity index (χ1n) is 12.0. The number of carbonyl (C=O) groups is 4. The molecule has 4 aromatic rings. The van der Waals surface area contributed by atoms with Crippen LogP contribution < -0.4 is 5.06 Å². The van der Waals surface area contributed by atoms with E-state index in [0.717, 1.165) is 5.39 Å². The number of nitrogens with zero attached hydrogens (tertiary/aromatic N) is 3. The lowest BCUT2D eigenvalue weighted by Crippen LogP contribution is -2.55. The van der Waals surface area contributed by atoms with Crippen molar-refractivity contribution in [2.45, 2.75) is 12.1 Å². The Morgan fingerprint density at radius 1 is 0.658 bits per heavy atom. The van der Waals surface area contributed by atoms with Crippen molar-refractivity contribution in [2.75, 3.05) is 5.06 Å². The summed E-state index contributed by atoms with van der Waals surface area (Å²) in [6, 6.07) is 25.5. The predicted molar refractivity (Wildman–Crippen MR) is 138 cm³/mol. The van der Waals surface area contributed by atoms with Crippen LogP contribution in [0.15, 0.2) is 91.0 Å². The van der Waals surface area contributed by atoms with Gasteiger partial charge in [-0.3, -0.25) is 24.0 Å². The minimum atomic E-state index is -1.23. The van der Waals surface area contributed by atoms with Gasteiger partial charge < -0.3 is 0 Å². The third kappa shape index (κ3) is 3.08. The second-order valence-electron chi connectivity index (χ2n) is 9.33. The standard InChI is InChI=1S/C29H18ClN3O5/c30-18-14-12-17(13-15-18)24-23-25(38-33(24)19-8-2-1-3-9-19)29(37)32(28(23)36)31-26(34)20-10-4-6-16-7-5-11-21(22(16)20)27(31)35/h1-15,23-25H/t23-,24-,25+/m1/s1. The Hall–Kier alpha value is -4.53. The SMILES string of the molecule is O=C1c2cccc3cccc(c23)C(=O)N1N1C(=O)[C@H]2[C@H](ON(c3ccccc3)[C@@H]2c2ccc(Cl)cc2)C1=O. The molecule has 2 fully saturated rings. The molecule has 3 aliphatic heterocycles. The Bertz CT molecular complexity index is 1620. The van der Waals surface area contributed by atoms with E-state index in [2.05, 4.69) is 0 Å². The number of rotatable bonds is 3. The number of hydrogen-bond acceptors (Lipinski definition) is 6. The summed E-state index contributed by atoms with van der Waals surface area (Å²) in [7, 11) is 0. The van der Waals surface area contributed by atoms with Crippen LogP contribution in [0.2, 0.25) is 5.02 Å². The van der Waals surface area contributed by atoms with Crippen LogP contribution in [-0.2, 0) is 14.4 Å². The number of amides is 4. The van der Waals surface area contributed by atoms with E-state index in [4.69, 9.17) is 16.4 Å². The van der Waals surface area contributed by atoms with E-state index in [1.165, 1.54) is 0 Å². The van der Waals surface area contributed by atoms with Crippen molar-refractivity contribution in [3.8, 4) is 0 Å². The van der Waals surface area contributed by atoms with E-state index in [1.54, 1.807) is 65.7 Å². The van der Waals surface area contributed by atoms with Crippen molar-refractivity contribution < 1.29 is 24.0 Å². The summed E-state index contributed by atoms with van der Waals surface area (Å²) in [5.74, 6) is -3.93. The number of halogens is 1. The zero-order valence-electron chi connectivity index (χ0n) is 19.7. The average Bonchev–Trinajstić information content (AvgIpc) is 3.44. The molecular weight excluding hydrogens is 506 g/mol. The fourth-order valence-corrected chi connectivity index (χ4v) is 5.72. The van der Waals surface area contributed by atoms with Gasteiger partial charge in [0.2, 0.25) is 0 Å². The lowest BCUT2D eigenvalue weighted by Gasteiger charge is -2.34. The minimum absolute atomic E-state index is 0.247. The quantitative estimate of drug-likeness (QED) is 0.366. The van der Waals surface area contributed by atoms with E-state index in [1.807, 2.05) is 30.3 Å². The molecule has 3 aliphatic rings. The molecule has 0 radical (unpaired) electrons. The van der Waals surface area contributed by atoms with Crippen molar-refractivity contribution in [3.05, 3.63) is 113 Å². The zero-order valence-corrected chi connectivity index (χ0v) is 20.4. The summed E-state index contributed by atoms with van der Waals surface area (Å²) in [6.07, 6.45) is -1.23. The highest BCUT2D eigenvalue weighted by molar-refractivity contribution is 6.30. The van der Waals surface area contributed by atoms with Gasteiger partial charge in [-0.1, -0.05) is 66.2 Å². The third-order valence-electron chi connectivity index (χ3n) is 7.26. The van der Waals surface area contributed by atoms with Crippen molar-refractivity contribution in [1.29, 1.82) is 0 Å². The van der Waals surface area contributed by atoms with Gasteiger partial charge in [0.15, 0.2) is 6.10 Å². The number of hydrogen-bond donors (Lipinski definition) is 0. The highest BCUT2D eigenvalue weighted by atomic mass is 35.5. The second kappa shape index (κ2) is 8.24. The second-order valence-corrected chi connectivity index (χ2v) is 9.77. The molecule has 3 heterocycles. The van der Waals surface area contributed by atoms with E-state index in [0.29, 0.717) is 31.7 Å². The van der Waals surface area contributed by atoms with Gasteiger partial charge in [0.1, 0.15) is 5.92 Å². The molecule has 186 valence electrons. The summed E-state index contributed by atoms with van der Waals surface area (Å²) in [5, 5.41) is 4.62. The van der Waals surface area contributed by atoms with Crippen LogP contribution in [0.3, 0.4) is 0 Å². The number of fused-ring (bicyclic) bond motifs is 1. The van der Waals surface area contributed by atoms with Crippen LogP contribution >= 0.6 is 11.6 Å². The largest absolute Gasteiger partial charge is 0.281 e. The number of benzene rings is 4. The van der Waals surface area contributed by atoms with Crippen LogP contribution in [0.5, 0.6) is 0 Å². The Morgan fingerprint density at radius 3 is 1.92 bits per heavy atom. The molecule has 0 saturated carbocycles. The first-order valence-corrected chi connectivity index (χ1v) is 12.4. The van der Waals surface area contributed by atoms with Gasteiger partial charge in [-0.05, 0) is 47.3 Å². The molecule has 8 nitrogen and oxygen atoms in total. The molecule has 0 N–H and O–H groups in total. The van der Waals surface area contributed by atoms with Gasteiger partial charge in [-0.15, -0.1) is 0 Å². The molecule has 4 amide bonds. The van der Waals surface area contributed by atoms with E-state index >= 15 is 0 Å². The maximum atomic E-state index is 14.0. The van der Waals surface area contributed by atoms with Crippen molar-refractivity contribution in [3.63, 3.8) is 0 Å². The van der Waals surface area contributed by atoms with E-state index in [-0.39, 0.29) is 11.1 Å². The minimum Gasteiger partial charge on any atom is -0.272 e. The fraction of sp³-hybridized carbons (Fsp3) is 0.103. The van der Waals surface area contributed by atoms with Gasteiger partial charge in [-0.2, -0.15) is 10.0 Å². The molecule has 0 aromatic heterocycles. The number of carbonyl (C=O) groups excluding carboxylic acids is 4. The molecule has 7 rings (SSSR count). The van der Waals surface area contributed by atoms with Gasteiger partial charge in [0, 0.05) is 10.4 Å². The first kappa shape index (κ1) is 22.7. The lowest BCUT2D eigenvalue weighted by molar-refractivity contribution is -0.154. The lowest BCUT2D eigenvalue weighted by atomic mass is 9.90. The van der Waals surface area contributed by atoms with Crippen LogP contribution in [0.1, 0.15) is 32.3 Å². The van der Waals surface area contributed by atoms with E-state index in [9.17, 15) is 19.2 Å². The number of imide groups is 2. The number of hydrazine groups is 1. The van der Waals surface area contributed by atoms with Crippen LogP contribution in [0.25, 0.3) is 10.8 Å². The topological polar surface area (TPSA) is 87.2 Å². The number of anilines is 1. The summed E-state index contributed by atoms with van der Waals surface area (Å²) in [5.41, 5.74) is 1.84. The fourth-order valence-electron chi connectivity index (χ4n) is 5.59. The van der Waals surface area contributed by atoms with Crippen LogP contribution in [0.4, 0.5) is 5.69 Å². The molecule has 4 aromatic carbocycles. The molecule has 38 heavy (non-hydrogen) atoms. The molecule has 0 spiro atoms. The molecular formula is C29H18ClN3O5. The van der Waals surface area contributed by atoms with Crippen LogP contribution in [0, 0.1) is 5.92 Å². The summed E-state index contributed by atoms with van der Waals surface area (Å²) in [4.78, 5) is 61.0. The Morgan fingerprint density at radius 2 is 1.29 bits per heavy atom. The maximum absolute atomic E-state index is 14.0. The molecule has 0 aliphatic carbocycles. The Balaban J connectivity index is 1.32. The first-order chi connectivity index (χ1) is 18.5. The normalized spacial score (nSPS) is 22.6. The van der Waals surface area contributed by atoms with Gasteiger partial charge in [0.25, 0.3) is 23.6 Å². The van der Waals surface area contributed by atoms with Crippen LogP contribution in [-0.4, -0.2) is 39.8 Å². The summed E-state index contributed by atoms with van der Waals surface area (Å²) in [6.45, 7) is 0. The number of para-hydroxylation sites is 1. The van der Waals surface area contributed by atoms with Gasteiger partial charge in [-0.25, -0.2) is 5.06 Å². The molecule has 0 bridgehead atoms. The van der Waals surface area contributed by atoms with E-state index < -0.39 is 41.7 Å². The Labute approximate surface area is 221 Å². The Kier molecular flexibility index (Phi) is 4.91. The van der Waals surface area contributed by atoms with Crippen molar-refractivity contribution >= 4 is 51.7 Å². The van der Waals surface area contributed by atoms with Gasteiger partial charge >= 0.3 is 0 Å². The third-order valence-corrected chi connectivity index (χ3v) is 7.52. The average molecular weight is 524 g/mol. The summed E-state index contributed by atoms with van der Waals surface area (Å²) < 4.78 is 0. The molecule has 3 atom stereocenters. The predicted octanol–water partition coefficient (Wildman–Crippen LogP) is 4.55. The highest BCUT2D eigenvalue weighted by Gasteiger charge is 2.63. The summed E-state index contributed by atoms with van der Waals surface area (Å²) >= 11 is 6.11. The van der Waals surface area contributed by atoms with Crippen molar-refractivity contribution in [2.24, 2.45) is 5.92 Å².